The molecule has 2 rings (SSSR count). The van der Waals surface area contributed by atoms with E-state index in [1.165, 1.54) is 0 Å². The van der Waals surface area contributed by atoms with E-state index in [9.17, 15) is 9.59 Å². The Morgan fingerprint density at radius 1 is 0.960 bits per heavy atom. The van der Waals surface area contributed by atoms with Gasteiger partial charge in [0.25, 0.3) is 5.91 Å². The molecule has 132 valence electrons. The first kappa shape index (κ1) is 18.5. The van der Waals surface area contributed by atoms with Crippen LogP contribution in [0.25, 0.3) is 0 Å². The van der Waals surface area contributed by atoms with Crippen LogP contribution in [0.2, 0.25) is 0 Å². The first-order chi connectivity index (χ1) is 11.8. The van der Waals surface area contributed by atoms with Crippen LogP contribution in [-0.4, -0.2) is 24.0 Å². The largest absolute Gasteiger partial charge is 0.494 e. The third-order valence-electron chi connectivity index (χ3n) is 3.41. The number of hydrogen-bond acceptors (Lipinski definition) is 4. The lowest BCUT2D eigenvalue weighted by molar-refractivity contribution is -0.120. The van der Waals surface area contributed by atoms with Crippen LogP contribution in [0, 0.1) is 0 Å². The Hall–Kier alpha value is -2.86. The van der Waals surface area contributed by atoms with E-state index in [0.29, 0.717) is 23.5 Å². The van der Waals surface area contributed by atoms with Crippen LogP contribution in [-0.2, 0) is 4.79 Å². The predicted molar refractivity (Wildman–Crippen MR) is 98.9 cm³/mol. The van der Waals surface area contributed by atoms with Gasteiger partial charge in [-0.05, 0) is 69.3 Å². The molecule has 2 aromatic carbocycles. The van der Waals surface area contributed by atoms with Gasteiger partial charge in [0.05, 0.1) is 12.1 Å². The molecular formula is C19H23N3O3. The van der Waals surface area contributed by atoms with E-state index in [4.69, 9.17) is 10.5 Å². The quantitative estimate of drug-likeness (QED) is 0.753. The zero-order chi connectivity index (χ0) is 18.4. The van der Waals surface area contributed by atoms with Crippen LogP contribution in [0.15, 0.2) is 48.5 Å². The molecule has 0 radical (unpaired) electrons. The first-order valence-electron chi connectivity index (χ1n) is 8.04. The normalized spacial score (nSPS) is 10.9. The van der Waals surface area contributed by atoms with Gasteiger partial charge >= 0.3 is 0 Å². The highest BCUT2D eigenvalue weighted by Crippen LogP contribution is 2.17. The second-order valence-corrected chi connectivity index (χ2v) is 6.16. The van der Waals surface area contributed by atoms with Crippen molar-refractivity contribution in [2.24, 2.45) is 5.73 Å². The minimum Gasteiger partial charge on any atom is -0.494 e. The van der Waals surface area contributed by atoms with Crippen LogP contribution < -0.4 is 21.1 Å². The fraction of sp³-hybridized carbons (Fsp3) is 0.263. The highest BCUT2D eigenvalue weighted by molar-refractivity contribution is 6.05. The Bertz CT molecular complexity index is 732. The summed E-state index contributed by atoms with van der Waals surface area (Å²) in [5.41, 5.74) is 6.51. The summed E-state index contributed by atoms with van der Waals surface area (Å²) >= 11 is 0. The maximum Gasteiger partial charge on any atom is 0.255 e. The van der Waals surface area contributed by atoms with Gasteiger partial charge in [0.15, 0.2) is 0 Å². The summed E-state index contributed by atoms with van der Waals surface area (Å²) in [6, 6.07) is 13.8. The van der Waals surface area contributed by atoms with Crippen molar-refractivity contribution in [3.63, 3.8) is 0 Å². The number of hydrogen-bond donors (Lipinski definition) is 3. The lowest BCUT2D eigenvalue weighted by Gasteiger charge is -2.17. The summed E-state index contributed by atoms with van der Waals surface area (Å²) in [4.78, 5) is 24.1. The Morgan fingerprint density at radius 2 is 1.48 bits per heavy atom. The lowest BCUT2D eigenvalue weighted by atomic mass is 10.1. The molecule has 0 saturated carbocycles. The molecule has 0 fully saturated rings. The first-order valence-corrected chi connectivity index (χ1v) is 8.04. The smallest absolute Gasteiger partial charge is 0.255 e. The van der Waals surface area contributed by atoms with Gasteiger partial charge in [0.1, 0.15) is 5.75 Å². The van der Waals surface area contributed by atoms with Crippen molar-refractivity contribution in [1.29, 1.82) is 0 Å². The molecule has 6 nitrogen and oxygen atoms in total. The predicted octanol–water partition coefficient (Wildman–Crippen LogP) is 3.01. The average Bonchev–Trinajstić information content (AvgIpc) is 2.56. The number of nitrogens with one attached hydrogen (secondary N) is 2. The molecule has 0 spiro atoms. The lowest BCUT2D eigenvalue weighted by Crippen LogP contribution is -2.45. The second-order valence-electron chi connectivity index (χ2n) is 6.16. The summed E-state index contributed by atoms with van der Waals surface area (Å²) in [6.45, 7) is 5.76. The van der Waals surface area contributed by atoms with Crippen molar-refractivity contribution in [2.75, 3.05) is 17.2 Å². The summed E-state index contributed by atoms with van der Waals surface area (Å²) < 4.78 is 5.36. The van der Waals surface area contributed by atoms with Crippen LogP contribution in [0.1, 0.15) is 31.1 Å². The molecule has 0 atom stereocenters. The third kappa shape index (κ3) is 5.32. The van der Waals surface area contributed by atoms with E-state index < -0.39 is 5.54 Å². The molecule has 0 aliphatic rings. The van der Waals surface area contributed by atoms with Crippen LogP contribution in [0.3, 0.4) is 0 Å². The summed E-state index contributed by atoms with van der Waals surface area (Å²) in [5.74, 6) is 0.226. The van der Waals surface area contributed by atoms with Crippen LogP contribution in [0.5, 0.6) is 5.75 Å². The number of ether oxygens (including phenoxy) is 1. The topological polar surface area (TPSA) is 93.5 Å². The van der Waals surface area contributed by atoms with Crippen molar-refractivity contribution in [1.82, 2.24) is 0 Å². The molecule has 0 heterocycles. The Kier molecular flexibility index (Phi) is 5.77. The van der Waals surface area contributed by atoms with Gasteiger partial charge in [-0.2, -0.15) is 0 Å². The molecule has 0 unspecified atom stereocenters. The molecule has 2 aromatic rings. The molecule has 0 aliphatic heterocycles. The molecule has 25 heavy (non-hydrogen) atoms. The molecule has 0 bridgehead atoms. The minimum absolute atomic E-state index is 0.235. The van der Waals surface area contributed by atoms with Crippen molar-refractivity contribution in [3.8, 4) is 5.75 Å². The minimum atomic E-state index is -0.969. The van der Waals surface area contributed by atoms with Crippen LogP contribution >= 0.6 is 0 Å². The fourth-order valence-electron chi connectivity index (χ4n) is 2.00. The van der Waals surface area contributed by atoms with E-state index >= 15 is 0 Å². The maximum absolute atomic E-state index is 12.3. The highest BCUT2D eigenvalue weighted by atomic mass is 16.5. The molecule has 0 aliphatic carbocycles. The summed E-state index contributed by atoms with van der Waals surface area (Å²) in [7, 11) is 0. The van der Waals surface area contributed by atoms with Gasteiger partial charge in [-0.15, -0.1) is 0 Å². The number of carbonyl (C=O) groups excluding carboxylic acids is 2. The van der Waals surface area contributed by atoms with E-state index in [0.717, 1.165) is 5.75 Å². The molecule has 6 heteroatoms. The van der Waals surface area contributed by atoms with Gasteiger partial charge in [0, 0.05) is 16.9 Å². The zero-order valence-corrected chi connectivity index (χ0v) is 14.6. The average molecular weight is 341 g/mol. The van der Waals surface area contributed by atoms with Gasteiger partial charge in [-0.3, -0.25) is 9.59 Å². The zero-order valence-electron chi connectivity index (χ0n) is 14.6. The van der Waals surface area contributed by atoms with Gasteiger partial charge in [-0.25, -0.2) is 0 Å². The number of carbonyl (C=O) groups is 2. The van der Waals surface area contributed by atoms with E-state index in [-0.39, 0.29) is 11.8 Å². The molecule has 4 N–H and O–H groups in total. The number of rotatable bonds is 6. The fourth-order valence-corrected chi connectivity index (χ4v) is 2.00. The summed E-state index contributed by atoms with van der Waals surface area (Å²) in [5, 5.41) is 5.52. The number of anilines is 2. The summed E-state index contributed by atoms with van der Waals surface area (Å²) in [6.07, 6.45) is 0. The van der Waals surface area contributed by atoms with Gasteiger partial charge in [-0.1, -0.05) is 0 Å². The van der Waals surface area contributed by atoms with Crippen molar-refractivity contribution in [2.45, 2.75) is 26.3 Å². The second kappa shape index (κ2) is 7.81. The van der Waals surface area contributed by atoms with E-state index in [1.54, 1.807) is 62.4 Å². The SMILES string of the molecule is CCOc1ccc(NC(=O)c2ccc(NC(=O)C(C)(C)N)cc2)cc1. The Labute approximate surface area is 147 Å². The molecular weight excluding hydrogens is 318 g/mol. The van der Waals surface area contributed by atoms with Crippen molar-refractivity contribution in [3.05, 3.63) is 54.1 Å². The maximum atomic E-state index is 12.3. The van der Waals surface area contributed by atoms with Crippen molar-refractivity contribution < 1.29 is 14.3 Å². The third-order valence-corrected chi connectivity index (χ3v) is 3.41. The number of amides is 2. The standard InChI is InChI=1S/C19H23N3O3/c1-4-25-16-11-9-14(10-12-16)21-17(23)13-5-7-15(8-6-13)22-18(24)19(2,3)20/h5-12H,4,20H2,1-3H3,(H,21,23)(H,22,24). The molecule has 0 aromatic heterocycles. The van der Waals surface area contributed by atoms with Crippen LogP contribution in [0.4, 0.5) is 11.4 Å². The number of benzene rings is 2. The monoisotopic (exact) mass is 341 g/mol. The molecule has 0 saturated heterocycles. The van der Waals surface area contributed by atoms with E-state index in [2.05, 4.69) is 10.6 Å². The highest BCUT2D eigenvalue weighted by Gasteiger charge is 2.21. The molecule has 2 amide bonds. The van der Waals surface area contributed by atoms with E-state index in [1.807, 2.05) is 6.92 Å². The Balaban J connectivity index is 1.99. The van der Waals surface area contributed by atoms with Gasteiger partial charge in [0.2, 0.25) is 5.91 Å². The van der Waals surface area contributed by atoms with Gasteiger partial charge < -0.3 is 21.1 Å². The Morgan fingerprint density at radius 3 is 2.00 bits per heavy atom. The van der Waals surface area contributed by atoms with Crippen molar-refractivity contribution >= 4 is 23.2 Å². The number of nitrogens with two attached hydrogens (primary N) is 1.